The summed E-state index contributed by atoms with van der Waals surface area (Å²) >= 11 is 6.16. The van der Waals surface area contributed by atoms with Crippen molar-refractivity contribution in [2.75, 3.05) is 20.1 Å². The van der Waals surface area contributed by atoms with E-state index < -0.39 is 0 Å². The first kappa shape index (κ1) is 13.8. The number of nitrogens with zero attached hydrogens (tertiary/aromatic N) is 1. The molecule has 18 heavy (non-hydrogen) atoms. The van der Waals surface area contributed by atoms with Gasteiger partial charge in [-0.3, -0.25) is 4.90 Å². The number of nitrogens with two attached hydrogens (primary N) is 1. The summed E-state index contributed by atoms with van der Waals surface area (Å²) < 4.78 is 5.85. The molecule has 2 atom stereocenters. The number of benzene rings is 1. The van der Waals surface area contributed by atoms with E-state index in [-0.39, 0.29) is 6.10 Å². The van der Waals surface area contributed by atoms with E-state index in [1.54, 1.807) is 0 Å². The molecule has 3 nitrogen and oxygen atoms in total. The van der Waals surface area contributed by atoms with Gasteiger partial charge in [-0.25, -0.2) is 0 Å². The molecule has 1 saturated heterocycles. The van der Waals surface area contributed by atoms with Crippen molar-refractivity contribution in [3.8, 4) is 0 Å². The third-order valence-corrected chi connectivity index (χ3v) is 3.74. The minimum Gasteiger partial charge on any atom is -0.372 e. The highest BCUT2D eigenvalue weighted by Crippen LogP contribution is 2.21. The molecule has 2 N–H and O–H groups in total. The lowest BCUT2D eigenvalue weighted by atomic mass is 10.1. The zero-order valence-electron chi connectivity index (χ0n) is 10.8. The third-order valence-electron chi connectivity index (χ3n) is 3.37. The molecule has 0 aliphatic carbocycles. The van der Waals surface area contributed by atoms with Crippen molar-refractivity contribution in [3.05, 3.63) is 34.9 Å². The topological polar surface area (TPSA) is 38.5 Å². The summed E-state index contributed by atoms with van der Waals surface area (Å²) in [6, 6.07) is 7.97. The SMILES string of the molecule is CN(Cc1ccccc1Cl)CC1CCC(CN)O1. The highest BCUT2D eigenvalue weighted by atomic mass is 35.5. The average Bonchev–Trinajstić information content (AvgIpc) is 2.80. The summed E-state index contributed by atoms with van der Waals surface area (Å²) in [4.78, 5) is 2.25. The Hall–Kier alpha value is -0.610. The second kappa shape index (κ2) is 6.53. The Morgan fingerprint density at radius 3 is 2.72 bits per heavy atom. The molecule has 1 fully saturated rings. The van der Waals surface area contributed by atoms with E-state index in [2.05, 4.69) is 18.0 Å². The zero-order chi connectivity index (χ0) is 13.0. The molecule has 0 radical (unpaired) electrons. The summed E-state index contributed by atoms with van der Waals surface area (Å²) in [6.45, 7) is 2.42. The Bertz CT molecular complexity index is 386. The number of hydrogen-bond acceptors (Lipinski definition) is 3. The molecule has 100 valence electrons. The zero-order valence-corrected chi connectivity index (χ0v) is 11.6. The monoisotopic (exact) mass is 268 g/mol. The molecule has 1 aromatic rings. The summed E-state index contributed by atoms with van der Waals surface area (Å²) in [7, 11) is 2.10. The van der Waals surface area contributed by atoms with Crippen LogP contribution in [0.25, 0.3) is 0 Å². The first-order valence-corrected chi connectivity index (χ1v) is 6.84. The molecule has 1 aromatic carbocycles. The van der Waals surface area contributed by atoms with Gasteiger partial charge in [0, 0.05) is 24.7 Å². The summed E-state index contributed by atoms with van der Waals surface area (Å²) in [5.41, 5.74) is 6.78. The fourth-order valence-corrected chi connectivity index (χ4v) is 2.61. The molecule has 0 saturated carbocycles. The average molecular weight is 269 g/mol. The van der Waals surface area contributed by atoms with Crippen molar-refractivity contribution in [2.24, 2.45) is 5.73 Å². The van der Waals surface area contributed by atoms with Crippen LogP contribution in [0.4, 0.5) is 0 Å². The van der Waals surface area contributed by atoms with E-state index in [1.165, 1.54) is 0 Å². The lowest BCUT2D eigenvalue weighted by Gasteiger charge is -2.21. The standard InChI is InChI=1S/C14H21ClN2O/c1-17(9-11-4-2-3-5-14(11)15)10-13-7-6-12(8-16)18-13/h2-5,12-13H,6-10,16H2,1H3. The second-order valence-electron chi connectivity index (χ2n) is 4.98. The van der Waals surface area contributed by atoms with Gasteiger partial charge in [-0.1, -0.05) is 29.8 Å². The lowest BCUT2D eigenvalue weighted by Crippen LogP contribution is -2.30. The number of ether oxygens (including phenoxy) is 1. The predicted molar refractivity (Wildman–Crippen MR) is 74.7 cm³/mol. The van der Waals surface area contributed by atoms with Gasteiger partial charge < -0.3 is 10.5 Å². The Kier molecular flexibility index (Phi) is 5.01. The van der Waals surface area contributed by atoms with Crippen molar-refractivity contribution in [3.63, 3.8) is 0 Å². The van der Waals surface area contributed by atoms with E-state index in [0.717, 1.165) is 36.5 Å². The molecule has 1 heterocycles. The van der Waals surface area contributed by atoms with Gasteiger partial charge in [-0.05, 0) is 31.5 Å². The van der Waals surface area contributed by atoms with Crippen molar-refractivity contribution in [2.45, 2.75) is 31.6 Å². The molecule has 2 unspecified atom stereocenters. The van der Waals surface area contributed by atoms with E-state index in [1.807, 2.05) is 18.2 Å². The summed E-state index contributed by atoms with van der Waals surface area (Å²) in [6.07, 6.45) is 2.75. The molecule has 1 aliphatic rings. The number of rotatable bonds is 5. The van der Waals surface area contributed by atoms with E-state index in [9.17, 15) is 0 Å². The largest absolute Gasteiger partial charge is 0.372 e. The number of hydrogen-bond donors (Lipinski definition) is 1. The van der Waals surface area contributed by atoms with Crippen LogP contribution in [-0.2, 0) is 11.3 Å². The summed E-state index contributed by atoms with van der Waals surface area (Å²) in [5, 5.41) is 0.830. The van der Waals surface area contributed by atoms with Crippen molar-refractivity contribution in [1.82, 2.24) is 4.90 Å². The molecular formula is C14H21ClN2O. The molecule has 0 aromatic heterocycles. The van der Waals surface area contributed by atoms with Crippen LogP contribution in [0.5, 0.6) is 0 Å². The predicted octanol–water partition coefficient (Wildman–Crippen LogP) is 2.28. The van der Waals surface area contributed by atoms with E-state index in [4.69, 9.17) is 22.1 Å². The molecular weight excluding hydrogens is 248 g/mol. The maximum atomic E-state index is 6.16. The minimum atomic E-state index is 0.253. The first-order chi connectivity index (χ1) is 8.69. The fraction of sp³-hybridized carbons (Fsp3) is 0.571. The van der Waals surface area contributed by atoms with Crippen LogP contribution in [-0.4, -0.2) is 37.2 Å². The van der Waals surface area contributed by atoms with Crippen molar-refractivity contribution < 1.29 is 4.74 Å². The first-order valence-electron chi connectivity index (χ1n) is 6.46. The van der Waals surface area contributed by atoms with Gasteiger partial charge in [0.15, 0.2) is 0 Å². The van der Waals surface area contributed by atoms with Crippen LogP contribution in [0, 0.1) is 0 Å². The lowest BCUT2D eigenvalue weighted by molar-refractivity contribution is 0.0306. The molecule has 0 amide bonds. The molecule has 4 heteroatoms. The van der Waals surface area contributed by atoms with Crippen LogP contribution in [0.1, 0.15) is 18.4 Å². The molecule has 0 spiro atoms. The maximum Gasteiger partial charge on any atom is 0.0707 e. The van der Waals surface area contributed by atoms with Crippen molar-refractivity contribution >= 4 is 11.6 Å². The highest BCUT2D eigenvalue weighted by Gasteiger charge is 2.24. The summed E-state index contributed by atoms with van der Waals surface area (Å²) in [5.74, 6) is 0. The fourth-order valence-electron chi connectivity index (χ4n) is 2.42. The normalized spacial score (nSPS) is 23.8. The van der Waals surface area contributed by atoms with Gasteiger partial charge in [0.1, 0.15) is 0 Å². The van der Waals surface area contributed by atoms with Crippen LogP contribution in [0.3, 0.4) is 0 Å². The van der Waals surface area contributed by atoms with Crippen LogP contribution in [0.15, 0.2) is 24.3 Å². The van der Waals surface area contributed by atoms with Gasteiger partial charge in [0.05, 0.1) is 12.2 Å². The Morgan fingerprint density at radius 1 is 1.33 bits per heavy atom. The third kappa shape index (κ3) is 3.69. The molecule has 1 aliphatic heterocycles. The van der Waals surface area contributed by atoms with Gasteiger partial charge in [0.25, 0.3) is 0 Å². The quantitative estimate of drug-likeness (QED) is 0.890. The van der Waals surface area contributed by atoms with Gasteiger partial charge in [-0.15, -0.1) is 0 Å². The van der Waals surface area contributed by atoms with E-state index >= 15 is 0 Å². The Labute approximate surface area is 114 Å². The Balaban J connectivity index is 1.82. The van der Waals surface area contributed by atoms with Crippen LogP contribution in [0.2, 0.25) is 5.02 Å². The van der Waals surface area contributed by atoms with Crippen LogP contribution < -0.4 is 5.73 Å². The van der Waals surface area contributed by atoms with E-state index in [0.29, 0.717) is 12.6 Å². The highest BCUT2D eigenvalue weighted by molar-refractivity contribution is 6.31. The minimum absolute atomic E-state index is 0.253. The van der Waals surface area contributed by atoms with Crippen molar-refractivity contribution in [1.29, 1.82) is 0 Å². The van der Waals surface area contributed by atoms with Gasteiger partial charge in [-0.2, -0.15) is 0 Å². The van der Waals surface area contributed by atoms with Gasteiger partial charge in [0.2, 0.25) is 0 Å². The van der Waals surface area contributed by atoms with Gasteiger partial charge >= 0.3 is 0 Å². The molecule has 0 bridgehead atoms. The number of halogens is 1. The smallest absolute Gasteiger partial charge is 0.0707 e. The maximum absolute atomic E-state index is 6.16. The second-order valence-corrected chi connectivity index (χ2v) is 5.39. The number of likely N-dealkylation sites (N-methyl/N-ethyl adjacent to an activating group) is 1. The molecule has 2 rings (SSSR count). The Morgan fingerprint density at radius 2 is 2.06 bits per heavy atom. The van der Waals surface area contributed by atoms with Crippen LogP contribution >= 0.6 is 11.6 Å².